The van der Waals surface area contributed by atoms with Crippen molar-refractivity contribution in [3.05, 3.63) is 88.5 Å². The first-order valence-corrected chi connectivity index (χ1v) is 11.6. The molecule has 1 amide bonds. The molecule has 182 valence electrons. The number of methoxy groups -OCH3 is 2. The minimum absolute atomic E-state index is 0.0496. The molecule has 3 aromatic carbocycles. The van der Waals surface area contributed by atoms with E-state index in [1.54, 1.807) is 18.2 Å². The van der Waals surface area contributed by atoms with Gasteiger partial charge in [-0.2, -0.15) is 5.10 Å². The molecule has 1 N–H and O–H groups in total. The Hall–Kier alpha value is -4.45. The molecule has 35 heavy (non-hydrogen) atoms. The summed E-state index contributed by atoms with van der Waals surface area (Å²) in [4.78, 5) is 22.8. The molecule has 0 aromatic heterocycles. The van der Waals surface area contributed by atoms with E-state index in [0.29, 0.717) is 11.3 Å². The van der Waals surface area contributed by atoms with Crippen LogP contribution in [0.15, 0.2) is 82.8 Å². The number of carbonyl (C=O) groups excluding carboxylic acids is 1. The van der Waals surface area contributed by atoms with E-state index >= 15 is 0 Å². The Morgan fingerprint density at radius 1 is 1.03 bits per heavy atom. The quantitative estimate of drug-likeness (QED) is 0.257. The molecule has 0 spiro atoms. The van der Waals surface area contributed by atoms with E-state index in [1.165, 1.54) is 75.0 Å². The summed E-state index contributed by atoms with van der Waals surface area (Å²) in [6.07, 6.45) is 1.28. The molecule has 0 heterocycles. The second-order valence-electron chi connectivity index (χ2n) is 7.00. The molecule has 0 aliphatic rings. The van der Waals surface area contributed by atoms with Crippen LogP contribution in [0.4, 0.5) is 11.4 Å². The summed E-state index contributed by atoms with van der Waals surface area (Å²) >= 11 is 0. The van der Waals surface area contributed by atoms with Gasteiger partial charge in [0.1, 0.15) is 18.0 Å². The van der Waals surface area contributed by atoms with E-state index < -0.39 is 27.4 Å². The summed E-state index contributed by atoms with van der Waals surface area (Å²) < 4.78 is 38.3. The summed E-state index contributed by atoms with van der Waals surface area (Å²) in [5.41, 5.74) is 2.87. The smallest absolute Gasteiger partial charge is 0.269 e. The predicted octanol–water partition coefficient (Wildman–Crippen LogP) is 2.96. The lowest BCUT2D eigenvalue weighted by atomic mass is 10.2. The summed E-state index contributed by atoms with van der Waals surface area (Å²) in [7, 11) is -1.32. The highest BCUT2D eigenvalue weighted by molar-refractivity contribution is 7.92. The van der Waals surface area contributed by atoms with Crippen molar-refractivity contribution in [2.45, 2.75) is 4.90 Å². The van der Waals surface area contributed by atoms with Gasteiger partial charge in [0.05, 0.1) is 35.9 Å². The van der Waals surface area contributed by atoms with Gasteiger partial charge in [-0.1, -0.05) is 12.1 Å². The van der Waals surface area contributed by atoms with Gasteiger partial charge in [-0.25, -0.2) is 13.8 Å². The number of hydrogen-bond acceptors (Lipinski definition) is 8. The number of nitrogens with one attached hydrogen (secondary N) is 1. The number of hydrogen-bond donors (Lipinski definition) is 1. The highest BCUT2D eigenvalue weighted by atomic mass is 32.2. The molecule has 3 rings (SSSR count). The van der Waals surface area contributed by atoms with Crippen LogP contribution < -0.4 is 19.2 Å². The first-order valence-electron chi connectivity index (χ1n) is 10.1. The number of amides is 1. The lowest BCUT2D eigenvalue weighted by Gasteiger charge is -2.25. The van der Waals surface area contributed by atoms with Gasteiger partial charge < -0.3 is 9.47 Å². The first-order chi connectivity index (χ1) is 16.8. The van der Waals surface area contributed by atoms with Crippen molar-refractivity contribution >= 4 is 33.5 Å². The lowest BCUT2D eigenvalue weighted by molar-refractivity contribution is -0.384. The number of hydrazone groups is 1. The standard InChI is InChI=1S/C23H22N4O7S/c1-33-19-11-13-20(14-12-19)35(31,32)26(21-5-3-4-6-22(21)34-2)16-23(28)25-24-15-17-7-9-18(10-8-17)27(29)30/h3-15H,16H2,1-2H3,(H,25,28)/b24-15-. The van der Waals surface area contributed by atoms with Crippen LogP contribution in [0.2, 0.25) is 0 Å². The average Bonchev–Trinajstić information content (AvgIpc) is 2.87. The Morgan fingerprint density at radius 3 is 2.29 bits per heavy atom. The van der Waals surface area contributed by atoms with E-state index in [0.717, 1.165) is 4.31 Å². The van der Waals surface area contributed by atoms with Crippen LogP contribution in [0.3, 0.4) is 0 Å². The van der Waals surface area contributed by atoms with Gasteiger partial charge in [0, 0.05) is 12.1 Å². The van der Waals surface area contributed by atoms with Crippen LogP contribution in [0.25, 0.3) is 0 Å². The summed E-state index contributed by atoms with van der Waals surface area (Å²) in [6, 6.07) is 17.7. The summed E-state index contributed by atoms with van der Waals surface area (Å²) in [5, 5.41) is 14.6. The van der Waals surface area contributed by atoms with Crippen molar-refractivity contribution in [2.75, 3.05) is 25.1 Å². The monoisotopic (exact) mass is 498 g/mol. The van der Waals surface area contributed by atoms with Crippen molar-refractivity contribution in [2.24, 2.45) is 5.10 Å². The molecule has 12 heteroatoms. The average molecular weight is 499 g/mol. The van der Waals surface area contributed by atoms with Crippen LogP contribution in [-0.4, -0.2) is 46.2 Å². The molecular weight excluding hydrogens is 476 g/mol. The zero-order valence-electron chi connectivity index (χ0n) is 18.8. The van der Waals surface area contributed by atoms with Crippen LogP contribution in [0, 0.1) is 10.1 Å². The largest absolute Gasteiger partial charge is 0.497 e. The maximum absolute atomic E-state index is 13.5. The maximum Gasteiger partial charge on any atom is 0.269 e. The maximum atomic E-state index is 13.5. The number of nitrogens with zero attached hydrogens (tertiary/aromatic N) is 3. The van der Waals surface area contributed by atoms with Crippen LogP contribution in [0.5, 0.6) is 11.5 Å². The molecule has 0 radical (unpaired) electrons. The molecular formula is C23H22N4O7S. The Labute approximate surface area is 201 Å². The lowest BCUT2D eigenvalue weighted by Crippen LogP contribution is -2.39. The number of benzene rings is 3. The number of nitro groups is 1. The number of anilines is 1. The summed E-state index contributed by atoms with van der Waals surface area (Å²) in [6.45, 7) is -0.591. The first kappa shape index (κ1) is 25.2. The van der Waals surface area contributed by atoms with Crippen LogP contribution in [-0.2, 0) is 14.8 Å². The van der Waals surface area contributed by atoms with Crippen molar-refractivity contribution in [1.82, 2.24) is 5.43 Å². The third-order valence-electron chi connectivity index (χ3n) is 4.80. The van der Waals surface area contributed by atoms with Gasteiger partial charge in [-0.3, -0.25) is 19.2 Å². The fourth-order valence-corrected chi connectivity index (χ4v) is 4.47. The van der Waals surface area contributed by atoms with Crippen LogP contribution in [0.1, 0.15) is 5.56 Å². The topological polar surface area (TPSA) is 140 Å². The van der Waals surface area contributed by atoms with Gasteiger partial charge in [0.15, 0.2) is 0 Å². The van der Waals surface area contributed by atoms with Crippen molar-refractivity contribution in [3.8, 4) is 11.5 Å². The van der Waals surface area contributed by atoms with Gasteiger partial charge in [-0.05, 0) is 54.1 Å². The highest BCUT2D eigenvalue weighted by Crippen LogP contribution is 2.32. The zero-order chi connectivity index (χ0) is 25.4. The van der Waals surface area contributed by atoms with Gasteiger partial charge >= 0.3 is 0 Å². The summed E-state index contributed by atoms with van der Waals surface area (Å²) in [5.74, 6) is 0.0176. The number of ether oxygens (including phenoxy) is 2. The fourth-order valence-electron chi connectivity index (χ4n) is 3.04. The second-order valence-corrected chi connectivity index (χ2v) is 8.86. The molecule has 0 saturated carbocycles. The third-order valence-corrected chi connectivity index (χ3v) is 6.57. The highest BCUT2D eigenvalue weighted by Gasteiger charge is 2.29. The van der Waals surface area contributed by atoms with Gasteiger partial charge in [-0.15, -0.1) is 0 Å². The molecule has 11 nitrogen and oxygen atoms in total. The Balaban J connectivity index is 1.85. The van der Waals surface area contributed by atoms with E-state index in [2.05, 4.69) is 10.5 Å². The number of carbonyl (C=O) groups is 1. The van der Waals surface area contributed by atoms with E-state index in [4.69, 9.17) is 9.47 Å². The molecule has 0 aliphatic carbocycles. The molecule has 0 aliphatic heterocycles. The molecule has 0 atom stereocenters. The molecule has 0 unspecified atom stereocenters. The SMILES string of the molecule is COc1ccc(S(=O)(=O)N(CC(=O)N/N=C\c2ccc([N+](=O)[O-])cc2)c2ccccc2OC)cc1. The molecule has 0 fully saturated rings. The minimum atomic E-state index is -4.18. The minimum Gasteiger partial charge on any atom is -0.497 e. The van der Waals surface area contributed by atoms with Crippen molar-refractivity contribution < 1.29 is 27.6 Å². The second kappa shape index (κ2) is 11.1. The number of para-hydroxylation sites is 2. The van der Waals surface area contributed by atoms with Gasteiger partial charge in [0.25, 0.3) is 21.6 Å². The van der Waals surface area contributed by atoms with E-state index in [1.807, 2.05) is 0 Å². The third kappa shape index (κ3) is 6.12. The van der Waals surface area contributed by atoms with Crippen LogP contribution >= 0.6 is 0 Å². The van der Waals surface area contributed by atoms with E-state index in [-0.39, 0.29) is 22.0 Å². The fraction of sp³-hybridized carbons (Fsp3) is 0.130. The zero-order valence-corrected chi connectivity index (χ0v) is 19.6. The molecule has 3 aromatic rings. The molecule has 0 bridgehead atoms. The number of non-ortho nitro benzene ring substituents is 1. The number of rotatable bonds is 10. The normalized spacial score (nSPS) is 11.1. The Kier molecular flexibility index (Phi) is 8.00. The van der Waals surface area contributed by atoms with Gasteiger partial charge in [0.2, 0.25) is 0 Å². The van der Waals surface area contributed by atoms with Crippen molar-refractivity contribution in [1.29, 1.82) is 0 Å². The molecule has 0 saturated heterocycles. The number of nitro benzene ring substituents is 1. The Morgan fingerprint density at radius 2 is 1.69 bits per heavy atom. The predicted molar refractivity (Wildman–Crippen MR) is 129 cm³/mol. The van der Waals surface area contributed by atoms with Crippen molar-refractivity contribution in [3.63, 3.8) is 0 Å². The number of sulfonamides is 1. The Bertz CT molecular complexity index is 1320. The van der Waals surface area contributed by atoms with E-state index in [9.17, 15) is 23.3 Å².